The molecule has 0 radical (unpaired) electrons. The Labute approximate surface area is 257 Å². The van der Waals surface area contributed by atoms with Crippen LogP contribution in [-0.4, -0.2) is 55.7 Å². The molecule has 0 spiro atoms. The van der Waals surface area contributed by atoms with Crippen LogP contribution in [-0.2, 0) is 9.59 Å². The maximum atomic E-state index is 13.7. The Balaban J connectivity index is 1.38. The van der Waals surface area contributed by atoms with Gasteiger partial charge in [-0.2, -0.15) is 5.01 Å². The number of amides is 3. The molecule has 3 aromatic rings. The number of alkyl halides is 2. The topological polar surface area (TPSA) is 101 Å². The number of ketones is 1. The van der Waals surface area contributed by atoms with E-state index in [1.54, 1.807) is 30.3 Å². The van der Waals surface area contributed by atoms with Gasteiger partial charge < -0.3 is 4.74 Å². The monoisotopic (exact) mass is 700 g/mol. The first-order chi connectivity index (χ1) is 19.6. The number of halogens is 3. The van der Waals surface area contributed by atoms with E-state index < -0.39 is 47.9 Å². The largest absolute Gasteiger partial charge is 0.423 e. The van der Waals surface area contributed by atoms with Gasteiger partial charge in [0.15, 0.2) is 5.78 Å². The number of hydrogen-bond acceptors (Lipinski definition) is 6. The first-order valence-electron chi connectivity index (χ1n) is 12.8. The summed E-state index contributed by atoms with van der Waals surface area (Å²) in [4.78, 5) is 66.4. The first-order valence-corrected chi connectivity index (χ1v) is 15.0. The summed E-state index contributed by atoms with van der Waals surface area (Å²) in [5.74, 6) is -3.75. The third-order valence-corrected chi connectivity index (χ3v) is 10.1. The van der Waals surface area contributed by atoms with Crippen LogP contribution in [0.5, 0.6) is 5.75 Å². The third kappa shape index (κ3) is 6.14. The number of hydrazine groups is 1. The van der Waals surface area contributed by atoms with Gasteiger partial charge in [-0.05, 0) is 73.5 Å². The summed E-state index contributed by atoms with van der Waals surface area (Å²) < 4.78 is 5.37. The molecule has 3 aromatic carbocycles. The van der Waals surface area contributed by atoms with Crippen LogP contribution in [0.15, 0.2) is 78.9 Å². The van der Waals surface area contributed by atoms with Gasteiger partial charge in [-0.1, -0.05) is 61.7 Å². The summed E-state index contributed by atoms with van der Waals surface area (Å²) in [6, 6.07) is 20.3. The van der Waals surface area contributed by atoms with E-state index >= 15 is 0 Å². The second-order valence-electron chi connectivity index (χ2n) is 9.78. The molecular formula is C30H23Br2ClN2O6. The lowest BCUT2D eigenvalue weighted by Crippen LogP contribution is -2.52. The third-order valence-electron chi connectivity index (χ3n) is 7.15. The van der Waals surface area contributed by atoms with Crippen LogP contribution in [0.25, 0.3) is 0 Å². The minimum atomic E-state index is -0.686. The summed E-state index contributed by atoms with van der Waals surface area (Å²) in [6.07, 6.45) is 0.837. The van der Waals surface area contributed by atoms with Crippen molar-refractivity contribution < 1.29 is 28.7 Å². The normalized spacial score (nSPS) is 21.8. The zero-order chi connectivity index (χ0) is 29.3. The molecule has 0 bridgehead atoms. The van der Waals surface area contributed by atoms with Crippen molar-refractivity contribution in [3.63, 3.8) is 0 Å². The number of carbonyl (C=O) groups is 5. The molecular weight excluding hydrogens is 680 g/mol. The minimum absolute atomic E-state index is 0.0167. The maximum Gasteiger partial charge on any atom is 0.343 e. The number of fused-ring (bicyclic) bond motifs is 1. The Morgan fingerprint density at radius 3 is 1.88 bits per heavy atom. The van der Waals surface area contributed by atoms with Gasteiger partial charge in [-0.15, -0.1) is 0 Å². The van der Waals surface area contributed by atoms with Gasteiger partial charge >= 0.3 is 5.97 Å². The standard InChI is InChI=1S/C30H23Br2ClN2O6/c31-24-14-22-23(15-25(24)32)29(39)35(28(22)38)34(27(37)18-6-10-20(33)11-7-18)16-26(36)17-8-12-21(13-9-17)41-30(40)19-4-2-1-3-5-19/h1-13,22-25H,14-16H2/t22-,23-,24+,25+/m1/s1. The number of rotatable bonds is 7. The maximum absolute atomic E-state index is 13.7. The SMILES string of the molecule is O=C(CN(C(=O)c1ccc(Cl)cc1)N1C(=O)[C@@H]2C[C@H](Br)[C@@H](Br)C[C@H]2C1=O)c1ccc(OC(=O)c2ccccc2)cc1. The van der Waals surface area contributed by atoms with Gasteiger partial charge in [0, 0.05) is 25.8 Å². The van der Waals surface area contributed by atoms with Gasteiger partial charge in [-0.25, -0.2) is 9.80 Å². The quantitative estimate of drug-likeness (QED) is 0.103. The van der Waals surface area contributed by atoms with E-state index in [4.69, 9.17) is 16.3 Å². The van der Waals surface area contributed by atoms with E-state index in [1.165, 1.54) is 48.5 Å². The van der Waals surface area contributed by atoms with E-state index in [2.05, 4.69) is 31.9 Å². The van der Waals surface area contributed by atoms with Gasteiger partial charge in [0.05, 0.1) is 17.4 Å². The average molecular weight is 703 g/mol. The summed E-state index contributed by atoms with van der Waals surface area (Å²) >= 11 is 13.1. The summed E-state index contributed by atoms with van der Waals surface area (Å²) in [7, 11) is 0. The highest BCUT2D eigenvalue weighted by atomic mass is 79.9. The fourth-order valence-corrected chi connectivity index (χ4v) is 6.33. The Morgan fingerprint density at radius 1 is 0.780 bits per heavy atom. The second kappa shape index (κ2) is 12.3. The molecule has 1 aliphatic heterocycles. The second-order valence-corrected chi connectivity index (χ2v) is 12.6. The molecule has 1 saturated heterocycles. The molecule has 0 N–H and O–H groups in total. The van der Waals surface area contributed by atoms with Crippen LogP contribution in [0.1, 0.15) is 43.9 Å². The minimum Gasteiger partial charge on any atom is -0.423 e. The molecule has 2 aliphatic rings. The smallest absolute Gasteiger partial charge is 0.343 e. The van der Waals surface area contributed by atoms with Crippen LogP contribution < -0.4 is 4.74 Å². The number of Topliss-reactive ketones (excluding diaryl/α,β-unsaturated/α-hetero) is 1. The van der Waals surface area contributed by atoms with Crippen molar-refractivity contribution in [2.75, 3.05) is 6.54 Å². The molecule has 0 unspecified atom stereocenters. The molecule has 1 aliphatic carbocycles. The van der Waals surface area contributed by atoms with Crippen molar-refractivity contribution in [1.82, 2.24) is 10.0 Å². The van der Waals surface area contributed by atoms with Crippen molar-refractivity contribution in [2.24, 2.45) is 11.8 Å². The highest BCUT2D eigenvalue weighted by Crippen LogP contribution is 2.43. The Hall–Kier alpha value is -3.34. The molecule has 1 saturated carbocycles. The predicted molar refractivity (Wildman–Crippen MR) is 158 cm³/mol. The van der Waals surface area contributed by atoms with Crippen LogP contribution in [0.3, 0.4) is 0 Å². The summed E-state index contributed by atoms with van der Waals surface area (Å²) in [5, 5.41) is 2.17. The Bertz CT molecular complexity index is 1470. The van der Waals surface area contributed by atoms with E-state index in [0.717, 1.165) is 10.0 Å². The van der Waals surface area contributed by atoms with E-state index in [9.17, 15) is 24.0 Å². The Morgan fingerprint density at radius 2 is 1.32 bits per heavy atom. The fraction of sp³-hybridized carbons (Fsp3) is 0.233. The molecule has 8 nitrogen and oxygen atoms in total. The van der Waals surface area contributed by atoms with Crippen molar-refractivity contribution in [3.8, 4) is 5.75 Å². The number of hydrogen-bond donors (Lipinski definition) is 0. The lowest BCUT2D eigenvalue weighted by atomic mass is 9.81. The number of nitrogens with zero attached hydrogens (tertiary/aromatic N) is 2. The zero-order valence-corrected chi connectivity index (χ0v) is 25.3. The summed E-state index contributed by atoms with van der Waals surface area (Å²) in [5.41, 5.74) is 0.746. The zero-order valence-electron chi connectivity index (χ0n) is 21.4. The van der Waals surface area contributed by atoms with Crippen molar-refractivity contribution in [1.29, 1.82) is 0 Å². The van der Waals surface area contributed by atoms with Gasteiger partial charge in [0.1, 0.15) is 12.3 Å². The van der Waals surface area contributed by atoms with Gasteiger partial charge in [0.2, 0.25) is 0 Å². The van der Waals surface area contributed by atoms with Gasteiger partial charge in [0.25, 0.3) is 17.7 Å². The molecule has 41 heavy (non-hydrogen) atoms. The van der Waals surface area contributed by atoms with Crippen LogP contribution in [0.4, 0.5) is 0 Å². The first kappa shape index (κ1) is 29.2. The highest BCUT2D eigenvalue weighted by Gasteiger charge is 2.54. The number of imide groups is 1. The average Bonchev–Trinajstić information content (AvgIpc) is 3.21. The van der Waals surface area contributed by atoms with E-state index in [1.807, 2.05) is 0 Å². The number of esters is 1. The number of carbonyl (C=O) groups excluding carboxylic acids is 5. The molecule has 0 aromatic heterocycles. The molecule has 11 heteroatoms. The van der Waals surface area contributed by atoms with Crippen molar-refractivity contribution in [3.05, 3.63) is 101 Å². The van der Waals surface area contributed by atoms with Crippen LogP contribution in [0.2, 0.25) is 5.02 Å². The molecule has 3 amide bonds. The molecule has 4 atom stereocenters. The summed E-state index contributed by atoms with van der Waals surface area (Å²) in [6.45, 7) is -0.559. The molecule has 1 heterocycles. The Kier molecular flexibility index (Phi) is 8.72. The molecule has 5 rings (SSSR count). The van der Waals surface area contributed by atoms with Crippen LogP contribution in [0, 0.1) is 11.8 Å². The van der Waals surface area contributed by atoms with E-state index in [-0.39, 0.29) is 26.5 Å². The van der Waals surface area contributed by atoms with E-state index in [0.29, 0.717) is 23.4 Å². The van der Waals surface area contributed by atoms with Crippen molar-refractivity contribution >= 4 is 72.9 Å². The predicted octanol–water partition coefficient (Wildman–Crippen LogP) is 5.72. The van der Waals surface area contributed by atoms with Crippen LogP contribution >= 0.6 is 43.5 Å². The number of benzene rings is 3. The van der Waals surface area contributed by atoms with Crippen molar-refractivity contribution in [2.45, 2.75) is 22.5 Å². The van der Waals surface area contributed by atoms with Gasteiger partial charge in [-0.3, -0.25) is 19.2 Å². The number of ether oxygens (including phenoxy) is 1. The highest BCUT2D eigenvalue weighted by molar-refractivity contribution is 9.12. The lowest BCUT2D eigenvalue weighted by Gasteiger charge is -2.30. The fourth-order valence-electron chi connectivity index (χ4n) is 4.97. The molecule has 2 fully saturated rings. The molecule has 210 valence electrons. The lowest BCUT2D eigenvalue weighted by molar-refractivity contribution is -0.154.